The average Bonchev–Trinajstić information content (AvgIpc) is 3.23. The molecule has 1 aliphatic rings. The van der Waals surface area contributed by atoms with E-state index in [2.05, 4.69) is 67.7 Å². The van der Waals surface area contributed by atoms with Crippen molar-refractivity contribution in [3.63, 3.8) is 0 Å². The lowest BCUT2D eigenvalue weighted by Gasteiger charge is -2.36. The number of hydrogen-bond donors (Lipinski definition) is 1. The van der Waals surface area contributed by atoms with Gasteiger partial charge in [0.25, 0.3) is 0 Å². The third-order valence-electron chi connectivity index (χ3n) is 4.76. The number of hydrogen-bond acceptors (Lipinski definition) is 3. The van der Waals surface area contributed by atoms with Crippen LogP contribution >= 0.6 is 24.0 Å². The minimum atomic E-state index is 0. The molecule has 0 amide bonds. The fourth-order valence-electron chi connectivity index (χ4n) is 3.25. The van der Waals surface area contributed by atoms with Crippen molar-refractivity contribution >= 4 is 36.0 Å². The molecule has 152 valence electrons. The minimum Gasteiger partial charge on any atom is -0.356 e. The number of aromatic nitrogens is 2. The van der Waals surface area contributed by atoms with Crippen molar-refractivity contribution in [2.75, 3.05) is 46.3 Å². The summed E-state index contributed by atoms with van der Waals surface area (Å²) in [5, 5.41) is 7.72. The van der Waals surface area contributed by atoms with Crippen molar-refractivity contribution in [2.24, 2.45) is 4.99 Å². The fraction of sp³-hybridized carbons (Fsp3) is 0.429. The first kappa shape index (κ1) is 22.4. The molecule has 1 aliphatic heterocycles. The first-order valence-electron chi connectivity index (χ1n) is 9.72. The smallest absolute Gasteiger partial charge is 0.193 e. The maximum absolute atomic E-state index is 4.45. The van der Waals surface area contributed by atoms with Crippen LogP contribution in [0.15, 0.2) is 59.9 Å². The lowest BCUT2D eigenvalue weighted by atomic mass is 10.2. The van der Waals surface area contributed by atoms with E-state index < -0.39 is 0 Å². The van der Waals surface area contributed by atoms with Gasteiger partial charge in [0.05, 0.1) is 0 Å². The molecule has 6 nitrogen and oxygen atoms in total. The third kappa shape index (κ3) is 7.27. The Labute approximate surface area is 185 Å². The Bertz CT molecular complexity index is 706. The maximum atomic E-state index is 4.45. The van der Waals surface area contributed by atoms with Crippen LogP contribution in [0.4, 0.5) is 0 Å². The van der Waals surface area contributed by atoms with Gasteiger partial charge in [0, 0.05) is 65.3 Å². The fourth-order valence-corrected chi connectivity index (χ4v) is 3.25. The predicted molar refractivity (Wildman–Crippen MR) is 127 cm³/mol. The Morgan fingerprint density at radius 2 is 1.93 bits per heavy atom. The van der Waals surface area contributed by atoms with Crippen LogP contribution in [0.3, 0.4) is 0 Å². The molecule has 0 radical (unpaired) electrons. The molecule has 1 saturated heterocycles. The molecule has 7 heteroatoms. The Morgan fingerprint density at radius 1 is 1.14 bits per heavy atom. The lowest BCUT2D eigenvalue weighted by Crippen LogP contribution is -2.52. The third-order valence-corrected chi connectivity index (χ3v) is 4.76. The van der Waals surface area contributed by atoms with Crippen LogP contribution in [0.5, 0.6) is 0 Å². The quantitative estimate of drug-likeness (QED) is 0.279. The molecule has 3 rings (SSSR count). The molecule has 0 bridgehead atoms. The molecule has 0 unspecified atom stereocenters. The standard InChI is InChI=1S/C21H30N6.HI/c1-22-21(23-11-6-14-27-15-7-12-24-27)26-18-16-25(17-19-26)13-5-10-20-8-3-2-4-9-20;/h2-5,7-10,12,15H,6,11,13-14,16-19H2,1H3,(H,22,23);1H. The van der Waals surface area contributed by atoms with Gasteiger partial charge in [0.2, 0.25) is 0 Å². The maximum Gasteiger partial charge on any atom is 0.193 e. The Balaban J connectivity index is 0.00000280. The lowest BCUT2D eigenvalue weighted by molar-refractivity contribution is 0.194. The minimum absolute atomic E-state index is 0. The largest absolute Gasteiger partial charge is 0.356 e. The van der Waals surface area contributed by atoms with Crippen LogP contribution in [0.2, 0.25) is 0 Å². The van der Waals surface area contributed by atoms with E-state index in [1.54, 1.807) is 0 Å². The van der Waals surface area contributed by atoms with Crippen molar-refractivity contribution in [2.45, 2.75) is 13.0 Å². The van der Waals surface area contributed by atoms with E-state index in [9.17, 15) is 0 Å². The van der Waals surface area contributed by atoms with Crippen molar-refractivity contribution in [3.8, 4) is 0 Å². The molecule has 28 heavy (non-hydrogen) atoms. The highest BCUT2D eigenvalue weighted by atomic mass is 127. The molecule has 1 aromatic heterocycles. The summed E-state index contributed by atoms with van der Waals surface area (Å²) < 4.78 is 1.96. The molecule has 1 aromatic carbocycles. The van der Waals surface area contributed by atoms with Crippen molar-refractivity contribution in [1.29, 1.82) is 0 Å². The first-order valence-corrected chi connectivity index (χ1v) is 9.72. The number of rotatable bonds is 7. The average molecular weight is 494 g/mol. The number of guanidine groups is 1. The summed E-state index contributed by atoms with van der Waals surface area (Å²) in [5.74, 6) is 1.01. The highest BCUT2D eigenvalue weighted by Gasteiger charge is 2.18. The summed E-state index contributed by atoms with van der Waals surface area (Å²) in [7, 11) is 1.87. The van der Waals surface area contributed by atoms with E-state index in [-0.39, 0.29) is 24.0 Å². The summed E-state index contributed by atoms with van der Waals surface area (Å²) >= 11 is 0. The molecule has 0 spiro atoms. The number of halogens is 1. The van der Waals surface area contributed by atoms with Gasteiger partial charge in [0.15, 0.2) is 5.96 Å². The van der Waals surface area contributed by atoms with Gasteiger partial charge < -0.3 is 10.2 Å². The van der Waals surface area contributed by atoms with Gasteiger partial charge in [-0.1, -0.05) is 42.5 Å². The van der Waals surface area contributed by atoms with Gasteiger partial charge in [-0.25, -0.2) is 0 Å². The van der Waals surface area contributed by atoms with Gasteiger partial charge in [-0.3, -0.25) is 14.6 Å². The number of aliphatic imine (C=N–C) groups is 1. The number of nitrogens with one attached hydrogen (secondary N) is 1. The van der Waals surface area contributed by atoms with Crippen molar-refractivity contribution in [3.05, 3.63) is 60.4 Å². The summed E-state index contributed by atoms with van der Waals surface area (Å²) in [6.45, 7) is 6.99. The summed E-state index contributed by atoms with van der Waals surface area (Å²) in [5.41, 5.74) is 1.26. The van der Waals surface area contributed by atoms with Crippen LogP contribution in [0.1, 0.15) is 12.0 Å². The van der Waals surface area contributed by atoms with E-state index in [0.717, 1.165) is 58.2 Å². The first-order chi connectivity index (χ1) is 13.3. The van der Waals surface area contributed by atoms with E-state index in [1.807, 2.05) is 30.2 Å². The highest BCUT2D eigenvalue weighted by molar-refractivity contribution is 14.0. The molecule has 1 fully saturated rings. The van der Waals surface area contributed by atoms with E-state index in [1.165, 1.54) is 5.56 Å². The SMILES string of the molecule is CN=C(NCCCn1cccn1)N1CCN(CC=Cc2ccccc2)CC1.I. The summed E-state index contributed by atoms with van der Waals surface area (Å²) in [6, 6.07) is 12.4. The molecule has 0 aliphatic carbocycles. The van der Waals surface area contributed by atoms with Crippen LogP contribution in [-0.4, -0.2) is 71.9 Å². The zero-order valence-corrected chi connectivity index (χ0v) is 18.9. The van der Waals surface area contributed by atoms with Crippen molar-refractivity contribution < 1.29 is 0 Å². The van der Waals surface area contributed by atoms with Crippen molar-refractivity contribution in [1.82, 2.24) is 24.9 Å². The Kier molecular flexibility index (Phi) is 10.1. The van der Waals surface area contributed by atoms with Crippen LogP contribution in [0.25, 0.3) is 6.08 Å². The Morgan fingerprint density at radius 3 is 2.61 bits per heavy atom. The molecule has 0 saturated carbocycles. The zero-order chi connectivity index (χ0) is 18.7. The number of aryl methyl sites for hydroxylation is 1. The van der Waals surface area contributed by atoms with E-state index >= 15 is 0 Å². The Hall–Kier alpha value is -1.87. The summed E-state index contributed by atoms with van der Waals surface area (Å²) in [4.78, 5) is 9.29. The molecule has 0 atom stereocenters. The van der Waals surface area contributed by atoms with Crippen LogP contribution in [0, 0.1) is 0 Å². The summed E-state index contributed by atoms with van der Waals surface area (Å²) in [6.07, 6.45) is 9.31. The number of benzene rings is 1. The predicted octanol–water partition coefficient (Wildman–Crippen LogP) is 2.80. The van der Waals surface area contributed by atoms with Gasteiger partial charge in [-0.2, -0.15) is 5.10 Å². The molecular weight excluding hydrogens is 463 g/mol. The molecule has 2 aromatic rings. The van der Waals surface area contributed by atoms with Crippen LogP contribution in [-0.2, 0) is 6.54 Å². The number of nitrogens with zero attached hydrogens (tertiary/aromatic N) is 5. The number of piperazine rings is 1. The van der Waals surface area contributed by atoms with Gasteiger partial charge in [-0.05, 0) is 18.1 Å². The molecule has 2 heterocycles. The van der Waals surface area contributed by atoms with E-state index in [4.69, 9.17) is 0 Å². The molecular formula is C21H31IN6. The monoisotopic (exact) mass is 494 g/mol. The topological polar surface area (TPSA) is 48.7 Å². The normalized spacial score (nSPS) is 15.6. The second-order valence-electron chi connectivity index (χ2n) is 6.70. The van der Waals surface area contributed by atoms with E-state index in [0.29, 0.717) is 0 Å². The van der Waals surface area contributed by atoms with Gasteiger partial charge in [0.1, 0.15) is 0 Å². The van der Waals surface area contributed by atoms with Gasteiger partial charge in [-0.15, -0.1) is 24.0 Å². The van der Waals surface area contributed by atoms with Crippen LogP contribution < -0.4 is 5.32 Å². The second kappa shape index (κ2) is 12.6. The zero-order valence-electron chi connectivity index (χ0n) is 16.6. The second-order valence-corrected chi connectivity index (χ2v) is 6.70. The molecule has 1 N–H and O–H groups in total. The highest BCUT2D eigenvalue weighted by Crippen LogP contribution is 2.05. The van der Waals surface area contributed by atoms with Gasteiger partial charge >= 0.3 is 0 Å².